The van der Waals surface area contributed by atoms with Gasteiger partial charge >= 0.3 is 0 Å². The average molecular weight is 233 g/mol. The molecule has 1 saturated heterocycles. The number of hydrogen-bond acceptors (Lipinski definition) is 2. The standard InChI is InChI=1S/C15H23NO/c1-14(2,3)12-4-6-13(7-5-12)15(16)8-10-17-11-9-15/h4-7H,8-11,16H2,1-3H3. The van der Waals surface area contributed by atoms with E-state index in [1.807, 2.05) is 0 Å². The van der Waals surface area contributed by atoms with Crippen LogP contribution < -0.4 is 5.73 Å². The minimum atomic E-state index is -0.186. The predicted molar refractivity (Wildman–Crippen MR) is 71.1 cm³/mol. The van der Waals surface area contributed by atoms with Crippen molar-refractivity contribution in [1.82, 2.24) is 0 Å². The Hall–Kier alpha value is -0.860. The molecule has 1 aromatic carbocycles. The lowest BCUT2D eigenvalue weighted by Gasteiger charge is -2.34. The van der Waals surface area contributed by atoms with Gasteiger partial charge in [0, 0.05) is 18.8 Å². The molecule has 0 aromatic heterocycles. The number of rotatable bonds is 1. The Labute approximate surface area is 104 Å². The van der Waals surface area contributed by atoms with Gasteiger partial charge in [-0.1, -0.05) is 45.0 Å². The summed E-state index contributed by atoms with van der Waals surface area (Å²) in [5.41, 5.74) is 9.08. The zero-order valence-corrected chi connectivity index (χ0v) is 11.1. The van der Waals surface area contributed by atoms with Crippen LogP contribution >= 0.6 is 0 Å². The maximum Gasteiger partial charge on any atom is 0.0486 e. The van der Waals surface area contributed by atoms with Gasteiger partial charge in [-0.15, -0.1) is 0 Å². The molecule has 0 radical (unpaired) electrons. The van der Waals surface area contributed by atoms with Crippen molar-refractivity contribution in [1.29, 1.82) is 0 Å². The van der Waals surface area contributed by atoms with Gasteiger partial charge in [-0.05, 0) is 29.4 Å². The summed E-state index contributed by atoms with van der Waals surface area (Å²) in [5.74, 6) is 0. The Morgan fingerprint density at radius 1 is 1.06 bits per heavy atom. The minimum absolute atomic E-state index is 0.186. The Bertz CT molecular complexity index is 369. The van der Waals surface area contributed by atoms with Crippen molar-refractivity contribution in [3.63, 3.8) is 0 Å². The topological polar surface area (TPSA) is 35.2 Å². The SMILES string of the molecule is CC(C)(C)c1ccc(C2(N)CCOCC2)cc1. The van der Waals surface area contributed by atoms with E-state index in [-0.39, 0.29) is 11.0 Å². The van der Waals surface area contributed by atoms with E-state index in [1.165, 1.54) is 11.1 Å². The van der Waals surface area contributed by atoms with Crippen LogP contribution in [-0.2, 0) is 15.7 Å². The first-order valence-electron chi connectivity index (χ1n) is 6.39. The van der Waals surface area contributed by atoms with Gasteiger partial charge in [0.25, 0.3) is 0 Å². The molecular formula is C15H23NO. The summed E-state index contributed by atoms with van der Waals surface area (Å²) < 4.78 is 5.38. The lowest BCUT2D eigenvalue weighted by atomic mass is 9.81. The lowest BCUT2D eigenvalue weighted by Crippen LogP contribution is -2.42. The third-order valence-electron chi connectivity index (χ3n) is 3.71. The van der Waals surface area contributed by atoms with E-state index in [0.29, 0.717) is 0 Å². The van der Waals surface area contributed by atoms with E-state index in [9.17, 15) is 0 Å². The molecule has 94 valence electrons. The highest BCUT2D eigenvalue weighted by Crippen LogP contribution is 2.31. The number of nitrogens with two attached hydrogens (primary N) is 1. The molecule has 1 aliphatic heterocycles. The van der Waals surface area contributed by atoms with Gasteiger partial charge in [-0.25, -0.2) is 0 Å². The quantitative estimate of drug-likeness (QED) is 0.809. The molecule has 1 fully saturated rings. The van der Waals surface area contributed by atoms with Crippen LogP contribution in [0.2, 0.25) is 0 Å². The summed E-state index contributed by atoms with van der Waals surface area (Å²) in [5, 5.41) is 0. The Balaban J connectivity index is 2.23. The van der Waals surface area contributed by atoms with E-state index in [0.717, 1.165) is 26.1 Å². The summed E-state index contributed by atoms with van der Waals surface area (Å²) in [7, 11) is 0. The van der Waals surface area contributed by atoms with Gasteiger partial charge in [0.2, 0.25) is 0 Å². The monoisotopic (exact) mass is 233 g/mol. The summed E-state index contributed by atoms with van der Waals surface area (Å²) in [6.45, 7) is 8.24. The summed E-state index contributed by atoms with van der Waals surface area (Å²) >= 11 is 0. The van der Waals surface area contributed by atoms with Crippen molar-refractivity contribution >= 4 is 0 Å². The molecule has 0 atom stereocenters. The molecule has 2 N–H and O–H groups in total. The van der Waals surface area contributed by atoms with E-state index in [4.69, 9.17) is 10.5 Å². The number of ether oxygens (including phenoxy) is 1. The van der Waals surface area contributed by atoms with Gasteiger partial charge in [0.05, 0.1) is 0 Å². The van der Waals surface area contributed by atoms with E-state index in [2.05, 4.69) is 45.0 Å². The van der Waals surface area contributed by atoms with Gasteiger partial charge in [0.1, 0.15) is 0 Å². The van der Waals surface area contributed by atoms with Gasteiger partial charge in [-0.2, -0.15) is 0 Å². The second-order valence-electron chi connectivity index (χ2n) is 6.10. The average Bonchev–Trinajstić information content (AvgIpc) is 2.29. The zero-order valence-electron chi connectivity index (χ0n) is 11.1. The first kappa shape index (κ1) is 12.6. The van der Waals surface area contributed by atoms with E-state index in [1.54, 1.807) is 0 Å². The molecule has 2 heteroatoms. The van der Waals surface area contributed by atoms with Gasteiger partial charge in [-0.3, -0.25) is 0 Å². The maximum atomic E-state index is 6.46. The Morgan fingerprint density at radius 2 is 1.59 bits per heavy atom. The van der Waals surface area contributed by atoms with Gasteiger partial charge < -0.3 is 10.5 Å². The van der Waals surface area contributed by atoms with Gasteiger partial charge in [0.15, 0.2) is 0 Å². The first-order valence-corrected chi connectivity index (χ1v) is 6.39. The van der Waals surface area contributed by atoms with Crippen molar-refractivity contribution in [3.8, 4) is 0 Å². The van der Waals surface area contributed by atoms with Crippen LogP contribution in [0.25, 0.3) is 0 Å². The van der Waals surface area contributed by atoms with E-state index < -0.39 is 0 Å². The molecule has 17 heavy (non-hydrogen) atoms. The Kier molecular flexibility index (Phi) is 3.28. The van der Waals surface area contributed by atoms with E-state index >= 15 is 0 Å². The van der Waals surface area contributed by atoms with Crippen LogP contribution in [-0.4, -0.2) is 13.2 Å². The first-order chi connectivity index (χ1) is 7.92. The van der Waals surface area contributed by atoms with Crippen molar-refractivity contribution in [2.45, 2.75) is 44.6 Å². The second-order valence-corrected chi connectivity index (χ2v) is 6.10. The smallest absolute Gasteiger partial charge is 0.0486 e. The summed E-state index contributed by atoms with van der Waals surface area (Å²) in [6.07, 6.45) is 1.84. The predicted octanol–water partition coefficient (Wildman–Crippen LogP) is 2.95. The Morgan fingerprint density at radius 3 is 2.06 bits per heavy atom. The fraction of sp³-hybridized carbons (Fsp3) is 0.600. The molecule has 2 rings (SSSR count). The molecule has 0 amide bonds. The molecule has 0 spiro atoms. The molecule has 2 nitrogen and oxygen atoms in total. The van der Waals surface area contributed by atoms with Crippen LogP contribution in [0.1, 0.15) is 44.7 Å². The molecule has 0 unspecified atom stereocenters. The molecule has 1 aliphatic rings. The van der Waals surface area contributed by atoms with Crippen molar-refractivity contribution in [3.05, 3.63) is 35.4 Å². The normalized spacial score (nSPS) is 20.2. The third-order valence-corrected chi connectivity index (χ3v) is 3.71. The van der Waals surface area contributed by atoms with Crippen LogP contribution in [0, 0.1) is 0 Å². The maximum absolute atomic E-state index is 6.46. The van der Waals surface area contributed by atoms with Crippen molar-refractivity contribution < 1.29 is 4.74 Å². The lowest BCUT2D eigenvalue weighted by molar-refractivity contribution is 0.0522. The molecule has 0 bridgehead atoms. The van der Waals surface area contributed by atoms with Crippen molar-refractivity contribution in [2.75, 3.05) is 13.2 Å². The van der Waals surface area contributed by atoms with Crippen LogP contribution in [0.15, 0.2) is 24.3 Å². The second kappa shape index (κ2) is 4.43. The van der Waals surface area contributed by atoms with Crippen LogP contribution in [0.3, 0.4) is 0 Å². The molecule has 1 heterocycles. The minimum Gasteiger partial charge on any atom is -0.381 e. The zero-order chi connectivity index (χ0) is 12.5. The van der Waals surface area contributed by atoms with Crippen LogP contribution in [0.4, 0.5) is 0 Å². The molecule has 0 saturated carbocycles. The highest BCUT2D eigenvalue weighted by atomic mass is 16.5. The highest BCUT2D eigenvalue weighted by molar-refractivity contribution is 5.31. The largest absolute Gasteiger partial charge is 0.381 e. The molecule has 1 aromatic rings. The molecule has 0 aliphatic carbocycles. The summed E-state index contributed by atoms with van der Waals surface area (Å²) in [4.78, 5) is 0. The highest BCUT2D eigenvalue weighted by Gasteiger charge is 2.30. The van der Waals surface area contributed by atoms with Crippen LogP contribution in [0.5, 0.6) is 0 Å². The molecular weight excluding hydrogens is 210 g/mol. The number of benzene rings is 1. The fourth-order valence-corrected chi connectivity index (χ4v) is 2.33. The fourth-order valence-electron chi connectivity index (χ4n) is 2.33. The summed E-state index contributed by atoms with van der Waals surface area (Å²) in [6, 6.07) is 8.79. The third kappa shape index (κ3) is 2.70. The number of hydrogen-bond donors (Lipinski definition) is 1. The van der Waals surface area contributed by atoms with Crippen molar-refractivity contribution in [2.24, 2.45) is 5.73 Å².